The number of amides is 1. The molecule has 0 bridgehead atoms. The predicted octanol–water partition coefficient (Wildman–Crippen LogP) is 3.94. The zero-order chi connectivity index (χ0) is 15.9. The van der Waals surface area contributed by atoms with Crippen LogP contribution in [-0.4, -0.2) is 15.3 Å². The van der Waals surface area contributed by atoms with Crippen molar-refractivity contribution in [1.29, 1.82) is 0 Å². The summed E-state index contributed by atoms with van der Waals surface area (Å²) in [4.78, 5) is 16.7. The van der Waals surface area contributed by atoms with Crippen molar-refractivity contribution in [1.82, 2.24) is 9.38 Å². The molecule has 0 saturated heterocycles. The Morgan fingerprint density at radius 1 is 1.27 bits per heavy atom. The molecule has 0 spiro atoms. The Labute approximate surface area is 132 Å². The average Bonchev–Trinajstić information content (AvgIpc) is 2.77. The summed E-state index contributed by atoms with van der Waals surface area (Å²) in [7, 11) is 0. The lowest BCUT2D eigenvalue weighted by molar-refractivity contribution is 0.102. The number of aromatic nitrogens is 2. The van der Waals surface area contributed by atoms with E-state index in [1.165, 1.54) is 6.07 Å². The van der Waals surface area contributed by atoms with E-state index in [1.54, 1.807) is 23.6 Å². The maximum atomic E-state index is 13.6. The van der Waals surface area contributed by atoms with E-state index in [-0.39, 0.29) is 5.69 Å². The van der Waals surface area contributed by atoms with Gasteiger partial charge < -0.3 is 5.32 Å². The molecule has 112 valence electrons. The van der Waals surface area contributed by atoms with Gasteiger partial charge in [-0.2, -0.15) is 0 Å². The lowest BCUT2D eigenvalue weighted by atomic mass is 10.2. The SMILES string of the molecule is Cc1nc2ccc(Br)cn2c1C(=O)Nc1ccc(F)cc1F. The Hall–Kier alpha value is -2.28. The minimum Gasteiger partial charge on any atom is -0.318 e. The highest BCUT2D eigenvalue weighted by Crippen LogP contribution is 2.20. The number of pyridine rings is 1. The van der Waals surface area contributed by atoms with Gasteiger partial charge in [0.2, 0.25) is 0 Å². The van der Waals surface area contributed by atoms with E-state index >= 15 is 0 Å². The van der Waals surface area contributed by atoms with Crippen LogP contribution in [0.4, 0.5) is 14.5 Å². The summed E-state index contributed by atoms with van der Waals surface area (Å²) in [5, 5.41) is 2.44. The fourth-order valence-corrected chi connectivity index (χ4v) is 2.52. The van der Waals surface area contributed by atoms with E-state index in [4.69, 9.17) is 0 Å². The number of nitrogens with one attached hydrogen (secondary N) is 1. The Morgan fingerprint density at radius 2 is 2.05 bits per heavy atom. The van der Waals surface area contributed by atoms with Crippen molar-refractivity contribution in [3.63, 3.8) is 0 Å². The molecule has 0 aliphatic carbocycles. The zero-order valence-corrected chi connectivity index (χ0v) is 13.0. The molecule has 2 heterocycles. The lowest BCUT2D eigenvalue weighted by Crippen LogP contribution is -2.16. The van der Waals surface area contributed by atoms with Gasteiger partial charge in [0.1, 0.15) is 23.0 Å². The Balaban J connectivity index is 2.02. The van der Waals surface area contributed by atoms with Gasteiger partial charge in [-0.1, -0.05) is 0 Å². The molecule has 1 N–H and O–H groups in total. The average molecular weight is 366 g/mol. The fourth-order valence-electron chi connectivity index (χ4n) is 2.18. The molecular weight excluding hydrogens is 356 g/mol. The van der Waals surface area contributed by atoms with Crippen LogP contribution in [0.15, 0.2) is 41.0 Å². The van der Waals surface area contributed by atoms with E-state index < -0.39 is 17.5 Å². The van der Waals surface area contributed by atoms with Crippen molar-refractivity contribution in [3.8, 4) is 0 Å². The molecule has 3 aromatic rings. The second kappa shape index (κ2) is 5.49. The number of carbonyl (C=O) groups excluding carboxylic acids is 1. The summed E-state index contributed by atoms with van der Waals surface area (Å²) in [6.07, 6.45) is 1.70. The normalized spacial score (nSPS) is 10.9. The summed E-state index contributed by atoms with van der Waals surface area (Å²) in [6.45, 7) is 1.69. The van der Waals surface area contributed by atoms with E-state index in [0.717, 1.165) is 10.5 Å². The molecule has 4 nitrogen and oxygen atoms in total. The van der Waals surface area contributed by atoms with Crippen molar-refractivity contribution >= 4 is 33.2 Å². The molecule has 7 heteroatoms. The number of aryl methyl sites for hydroxylation is 1. The smallest absolute Gasteiger partial charge is 0.274 e. The highest BCUT2D eigenvalue weighted by molar-refractivity contribution is 9.10. The molecule has 22 heavy (non-hydrogen) atoms. The molecular formula is C15H10BrF2N3O. The maximum Gasteiger partial charge on any atom is 0.274 e. The van der Waals surface area contributed by atoms with Gasteiger partial charge >= 0.3 is 0 Å². The topological polar surface area (TPSA) is 46.4 Å². The van der Waals surface area contributed by atoms with Gasteiger partial charge in [0.05, 0.1) is 11.4 Å². The van der Waals surface area contributed by atoms with Crippen LogP contribution in [-0.2, 0) is 0 Å². The molecule has 0 unspecified atom stereocenters. The monoisotopic (exact) mass is 365 g/mol. The van der Waals surface area contributed by atoms with Gasteiger partial charge in [-0.3, -0.25) is 9.20 Å². The fraction of sp³-hybridized carbons (Fsp3) is 0.0667. The van der Waals surface area contributed by atoms with Gasteiger partial charge in [0.25, 0.3) is 5.91 Å². The number of hydrogen-bond donors (Lipinski definition) is 1. The Bertz CT molecular complexity index is 892. The van der Waals surface area contributed by atoms with Crippen molar-refractivity contribution in [2.75, 3.05) is 5.32 Å². The third kappa shape index (κ3) is 2.59. The summed E-state index contributed by atoms with van der Waals surface area (Å²) < 4.78 is 28.9. The molecule has 2 aromatic heterocycles. The Morgan fingerprint density at radius 3 is 2.77 bits per heavy atom. The summed E-state index contributed by atoms with van der Waals surface area (Å²) in [6, 6.07) is 6.54. The number of nitrogens with zero attached hydrogens (tertiary/aromatic N) is 2. The molecule has 0 saturated carbocycles. The van der Waals surface area contributed by atoms with Crippen molar-refractivity contribution in [3.05, 3.63) is 64.0 Å². The number of imidazole rings is 1. The van der Waals surface area contributed by atoms with E-state index in [1.807, 2.05) is 6.07 Å². The number of anilines is 1. The standard InChI is InChI=1S/C15H10BrF2N3O/c1-8-14(21-7-9(16)2-5-13(21)19-8)15(22)20-12-4-3-10(17)6-11(12)18/h2-7H,1H3,(H,20,22). The minimum absolute atomic E-state index is 0.0873. The third-order valence-corrected chi connectivity index (χ3v) is 3.62. The Kier molecular flexibility index (Phi) is 3.66. The molecule has 1 aromatic carbocycles. The third-order valence-electron chi connectivity index (χ3n) is 3.15. The first kappa shape index (κ1) is 14.6. The van der Waals surface area contributed by atoms with Crippen LogP contribution in [0.2, 0.25) is 0 Å². The molecule has 3 rings (SSSR count). The van der Waals surface area contributed by atoms with Gasteiger partial charge in [0.15, 0.2) is 0 Å². The molecule has 0 fully saturated rings. The van der Waals surface area contributed by atoms with Crippen molar-refractivity contribution < 1.29 is 13.6 Å². The molecule has 0 aliphatic rings. The summed E-state index contributed by atoms with van der Waals surface area (Å²) in [5.41, 5.74) is 1.32. The second-order valence-corrected chi connectivity index (χ2v) is 5.62. The van der Waals surface area contributed by atoms with Crippen molar-refractivity contribution in [2.24, 2.45) is 0 Å². The van der Waals surface area contributed by atoms with E-state index in [0.29, 0.717) is 23.1 Å². The molecule has 0 aliphatic heterocycles. The van der Waals surface area contributed by atoms with Gasteiger partial charge in [0, 0.05) is 16.7 Å². The summed E-state index contributed by atoms with van der Waals surface area (Å²) in [5.74, 6) is -2.06. The van der Waals surface area contributed by atoms with Gasteiger partial charge in [-0.05, 0) is 47.1 Å². The first-order valence-corrected chi connectivity index (χ1v) is 7.15. The molecule has 0 radical (unpaired) electrons. The van der Waals surface area contributed by atoms with Crippen LogP contribution in [0, 0.1) is 18.6 Å². The van der Waals surface area contributed by atoms with Crippen molar-refractivity contribution in [2.45, 2.75) is 6.92 Å². The van der Waals surface area contributed by atoms with Crippen LogP contribution in [0.25, 0.3) is 5.65 Å². The second-order valence-electron chi connectivity index (χ2n) is 4.70. The van der Waals surface area contributed by atoms with Crippen LogP contribution < -0.4 is 5.32 Å². The number of hydrogen-bond acceptors (Lipinski definition) is 2. The quantitative estimate of drug-likeness (QED) is 0.747. The minimum atomic E-state index is -0.832. The molecule has 0 atom stereocenters. The molecule has 1 amide bonds. The van der Waals surface area contributed by atoms with E-state index in [9.17, 15) is 13.6 Å². The van der Waals surface area contributed by atoms with E-state index in [2.05, 4.69) is 26.2 Å². The van der Waals surface area contributed by atoms with Crippen LogP contribution in [0.1, 0.15) is 16.2 Å². The highest BCUT2D eigenvalue weighted by atomic mass is 79.9. The summed E-state index contributed by atoms with van der Waals surface area (Å²) >= 11 is 3.33. The number of benzene rings is 1. The predicted molar refractivity (Wildman–Crippen MR) is 81.9 cm³/mol. The van der Waals surface area contributed by atoms with Crippen LogP contribution in [0.5, 0.6) is 0 Å². The number of halogens is 3. The zero-order valence-electron chi connectivity index (χ0n) is 11.4. The first-order valence-electron chi connectivity index (χ1n) is 6.36. The highest BCUT2D eigenvalue weighted by Gasteiger charge is 2.18. The van der Waals surface area contributed by atoms with Crippen LogP contribution in [0.3, 0.4) is 0 Å². The number of rotatable bonds is 2. The van der Waals surface area contributed by atoms with Crippen LogP contribution >= 0.6 is 15.9 Å². The van der Waals surface area contributed by atoms with Gasteiger partial charge in [-0.15, -0.1) is 0 Å². The maximum absolute atomic E-state index is 13.6. The van der Waals surface area contributed by atoms with Gasteiger partial charge in [-0.25, -0.2) is 13.8 Å². The largest absolute Gasteiger partial charge is 0.318 e. The number of carbonyl (C=O) groups is 1. The lowest BCUT2D eigenvalue weighted by Gasteiger charge is -2.07. The number of fused-ring (bicyclic) bond motifs is 1. The first-order chi connectivity index (χ1) is 10.5.